The van der Waals surface area contributed by atoms with Crippen LogP contribution in [-0.2, 0) is 23.7 Å². The molecule has 1 saturated carbocycles. The second-order valence-corrected chi connectivity index (χ2v) is 19.9. The SMILES string of the molecule is Cc1cc(-n2nc3c(c2-n2ccn(-c4ccc5c(cnn5C)c4F)c2=O)C2CCC(CC3)N2C(=O)c2cc3cc([C@H]4CCOC(C)(C)C4)ccc3n2[C@@]2(c3noc(=O)[nH]3)C[C@@H]2C)cc(C)c1F. The number of nitrogens with one attached hydrogen (secondary N) is 1. The summed E-state index contributed by atoms with van der Waals surface area (Å²) in [6, 6.07) is 14.4. The molecule has 0 radical (unpaired) electrons. The van der Waals surface area contributed by atoms with Gasteiger partial charge in [-0.25, -0.2) is 23.1 Å². The first kappa shape index (κ1) is 41.5. The van der Waals surface area contributed by atoms with Crippen molar-refractivity contribution in [3.8, 4) is 17.2 Å². The number of aryl methyl sites for hydroxylation is 4. The maximum atomic E-state index is 16.2. The number of benzene rings is 3. The predicted molar refractivity (Wildman–Crippen MR) is 244 cm³/mol. The maximum absolute atomic E-state index is 16.2. The number of fused-ring (bicyclic) bond motifs is 6. The average Bonchev–Trinajstić information content (AvgIpc) is 4.00. The van der Waals surface area contributed by atoms with Crippen molar-refractivity contribution in [3.05, 3.63) is 139 Å². The van der Waals surface area contributed by atoms with E-state index in [9.17, 15) is 9.59 Å². The standard InChI is InChI=1S/C50H50F2N10O5/c1-26-19-33(20-27(2)42(26)51)62-44(59-17-16-58(48(59)65)39-14-13-37-34(43(39)52)25-53-57(37)6)41-35(55-62)10-8-32-9-12-38(41)60(32)45(63)40-22-31-21-29(30-15-18-66-49(4,5)24-30)7-11-36(31)61(40)50(23-28(50)3)46-54-47(64)67-56-46/h7,11,13-14,16-17,19-22,25,28,30,32,38H,8-10,12,15,18,23-24H2,1-6H3,(H,54,56,64)/t28-,30-,32?,38?,50-/m0/s1. The highest BCUT2D eigenvalue weighted by atomic mass is 19.1. The van der Waals surface area contributed by atoms with E-state index in [1.54, 1.807) is 60.7 Å². The largest absolute Gasteiger partial charge is 0.438 e. The summed E-state index contributed by atoms with van der Waals surface area (Å²) in [6.45, 7) is 10.4. The monoisotopic (exact) mass is 908 g/mol. The zero-order valence-electron chi connectivity index (χ0n) is 38.1. The lowest BCUT2D eigenvalue weighted by molar-refractivity contribution is -0.0592. The van der Waals surface area contributed by atoms with Crippen LogP contribution in [0.2, 0.25) is 0 Å². The summed E-state index contributed by atoms with van der Waals surface area (Å²) in [6.07, 6.45) is 9.36. The summed E-state index contributed by atoms with van der Waals surface area (Å²) in [5.74, 6) is -0.748. The summed E-state index contributed by atoms with van der Waals surface area (Å²) >= 11 is 0. The minimum Gasteiger partial charge on any atom is -0.376 e. The number of aromatic nitrogens is 9. The third-order valence-electron chi connectivity index (χ3n) is 15.3. The van der Waals surface area contributed by atoms with E-state index in [1.807, 2.05) is 11.0 Å². The molecular formula is C50H50F2N10O5. The van der Waals surface area contributed by atoms with Gasteiger partial charge in [0, 0.05) is 48.6 Å². The van der Waals surface area contributed by atoms with Crippen LogP contribution >= 0.6 is 0 Å². The number of imidazole rings is 1. The fourth-order valence-corrected chi connectivity index (χ4v) is 11.9. The van der Waals surface area contributed by atoms with Crippen molar-refractivity contribution < 1.29 is 22.8 Å². The molecule has 15 nitrogen and oxygen atoms in total. The van der Waals surface area contributed by atoms with E-state index in [1.165, 1.54) is 27.1 Å². The van der Waals surface area contributed by atoms with Gasteiger partial charge in [-0.1, -0.05) is 18.1 Å². The number of nitrogens with zero attached hydrogens (tertiary/aromatic N) is 9. The fraction of sp³-hybridized carbons (Fsp3) is 0.400. The number of rotatable bonds is 7. The molecule has 3 aromatic carbocycles. The van der Waals surface area contributed by atoms with Crippen LogP contribution in [0, 0.1) is 31.4 Å². The topological polar surface area (TPSA) is 156 Å². The molecule has 12 rings (SSSR count). The first-order chi connectivity index (χ1) is 32.1. The Balaban J connectivity index is 1.03. The van der Waals surface area contributed by atoms with Crippen molar-refractivity contribution in [1.82, 2.24) is 48.3 Å². The molecular weight excluding hydrogens is 859 g/mol. The van der Waals surface area contributed by atoms with E-state index in [4.69, 9.17) is 14.4 Å². The molecule has 2 bridgehead atoms. The van der Waals surface area contributed by atoms with Gasteiger partial charge in [0.2, 0.25) is 0 Å². The molecule has 5 aromatic heterocycles. The quantitative estimate of drug-likeness (QED) is 0.169. The lowest BCUT2D eigenvalue weighted by Gasteiger charge is -2.35. The van der Waals surface area contributed by atoms with Crippen LogP contribution in [0.25, 0.3) is 39.0 Å². The third kappa shape index (κ3) is 6.15. The molecule has 1 aliphatic carbocycles. The summed E-state index contributed by atoms with van der Waals surface area (Å²) < 4.78 is 50.7. The summed E-state index contributed by atoms with van der Waals surface area (Å²) in [7, 11) is 1.73. The number of carbonyl (C=O) groups is 1. The molecule has 344 valence electrons. The van der Waals surface area contributed by atoms with Crippen LogP contribution in [0.1, 0.15) is 116 Å². The van der Waals surface area contributed by atoms with Crippen molar-refractivity contribution in [1.29, 1.82) is 0 Å². The van der Waals surface area contributed by atoms with Gasteiger partial charge in [-0.05, 0) is 144 Å². The summed E-state index contributed by atoms with van der Waals surface area (Å²) in [4.78, 5) is 48.1. The molecule has 2 unspecified atom stereocenters. The van der Waals surface area contributed by atoms with Crippen molar-refractivity contribution in [3.63, 3.8) is 0 Å². The molecule has 3 aliphatic heterocycles. The highest BCUT2D eigenvalue weighted by Crippen LogP contribution is 2.56. The van der Waals surface area contributed by atoms with Crippen LogP contribution in [0.3, 0.4) is 0 Å². The van der Waals surface area contributed by atoms with Gasteiger partial charge in [0.05, 0.1) is 45.8 Å². The number of carbonyl (C=O) groups excluding carboxylic acids is 1. The molecule has 1 N–H and O–H groups in total. The summed E-state index contributed by atoms with van der Waals surface area (Å²) in [5.41, 5.74) is 4.25. The van der Waals surface area contributed by atoms with Gasteiger partial charge in [-0.2, -0.15) is 10.2 Å². The Morgan fingerprint density at radius 1 is 0.910 bits per heavy atom. The van der Waals surface area contributed by atoms with Crippen molar-refractivity contribution in [2.24, 2.45) is 13.0 Å². The van der Waals surface area contributed by atoms with E-state index in [0.717, 1.165) is 29.4 Å². The number of halogens is 2. The molecule has 2 saturated heterocycles. The third-order valence-corrected chi connectivity index (χ3v) is 15.3. The van der Waals surface area contributed by atoms with Gasteiger partial charge in [0.15, 0.2) is 11.6 Å². The first-order valence-corrected chi connectivity index (χ1v) is 23.1. The Kier molecular flexibility index (Phi) is 9.03. The number of H-pyrrole nitrogens is 1. The molecule has 0 spiro atoms. The Bertz CT molecular complexity index is 3470. The molecule has 8 heterocycles. The highest BCUT2D eigenvalue weighted by Gasteiger charge is 2.59. The van der Waals surface area contributed by atoms with Gasteiger partial charge in [-0.3, -0.25) is 28.1 Å². The van der Waals surface area contributed by atoms with Gasteiger partial charge < -0.3 is 14.2 Å². The Hall–Kier alpha value is -6.88. The van der Waals surface area contributed by atoms with E-state index in [-0.39, 0.29) is 46.3 Å². The second kappa shape index (κ2) is 14.6. The average molecular weight is 909 g/mol. The normalized spacial score (nSPS) is 23.3. The zero-order valence-corrected chi connectivity index (χ0v) is 38.1. The first-order valence-electron chi connectivity index (χ1n) is 23.1. The van der Waals surface area contributed by atoms with Crippen molar-refractivity contribution in [2.75, 3.05) is 6.61 Å². The van der Waals surface area contributed by atoms with Crippen LogP contribution < -0.4 is 11.4 Å². The Morgan fingerprint density at radius 2 is 1.67 bits per heavy atom. The van der Waals surface area contributed by atoms with Crippen LogP contribution in [-0.4, -0.2) is 72.5 Å². The number of amides is 1. The lowest BCUT2D eigenvalue weighted by Crippen LogP contribution is -2.39. The van der Waals surface area contributed by atoms with E-state index >= 15 is 13.6 Å². The van der Waals surface area contributed by atoms with Crippen LogP contribution in [0.15, 0.2) is 81.2 Å². The molecule has 3 fully saturated rings. The Labute approximate surface area is 382 Å². The molecule has 8 aromatic rings. The second-order valence-electron chi connectivity index (χ2n) is 19.9. The van der Waals surface area contributed by atoms with Crippen LogP contribution in [0.5, 0.6) is 0 Å². The lowest BCUT2D eigenvalue weighted by atomic mass is 9.83. The summed E-state index contributed by atoms with van der Waals surface area (Å²) in [5, 5.41) is 14.8. The predicted octanol–water partition coefficient (Wildman–Crippen LogP) is 7.97. The molecule has 5 atom stereocenters. The van der Waals surface area contributed by atoms with E-state index in [2.05, 4.69) is 58.8 Å². The highest BCUT2D eigenvalue weighted by molar-refractivity contribution is 6.00. The number of aromatic amines is 1. The minimum atomic E-state index is -0.851. The van der Waals surface area contributed by atoms with Gasteiger partial charge >= 0.3 is 11.4 Å². The fourth-order valence-electron chi connectivity index (χ4n) is 11.9. The van der Waals surface area contributed by atoms with Gasteiger partial charge in [0.1, 0.15) is 22.9 Å². The zero-order chi connectivity index (χ0) is 46.4. The maximum Gasteiger partial charge on any atom is 0.438 e. The number of ether oxygens (including phenoxy) is 1. The molecule has 67 heavy (non-hydrogen) atoms. The number of hydrogen-bond donors (Lipinski definition) is 1. The van der Waals surface area contributed by atoms with Crippen molar-refractivity contribution >= 4 is 27.7 Å². The van der Waals surface area contributed by atoms with E-state index < -0.39 is 28.8 Å². The van der Waals surface area contributed by atoms with Gasteiger partial charge in [0.25, 0.3) is 5.91 Å². The van der Waals surface area contributed by atoms with Crippen LogP contribution in [0.4, 0.5) is 8.78 Å². The molecule has 1 amide bonds. The number of hydrogen-bond acceptors (Lipinski definition) is 8. The smallest absolute Gasteiger partial charge is 0.376 e. The van der Waals surface area contributed by atoms with Gasteiger partial charge in [-0.15, -0.1) is 0 Å². The Morgan fingerprint density at radius 3 is 2.40 bits per heavy atom. The van der Waals surface area contributed by atoms with Crippen molar-refractivity contribution in [2.45, 2.75) is 109 Å². The van der Waals surface area contributed by atoms with E-state index in [0.29, 0.717) is 83.9 Å². The molecule has 4 aliphatic rings. The minimum absolute atomic E-state index is 0.00546. The molecule has 17 heteroatoms.